The molecular formula is C21H26F2IN3O2. The minimum atomic E-state index is -2.86. The van der Waals surface area contributed by atoms with Crippen molar-refractivity contribution in [2.24, 2.45) is 4.99 Å². The van der Waals surface area contributed by atoms with Gasteiger partial charge in [-0.15, -0.1) is 24.0 Å². The maximum absolute atomic E-state index is 12.5. The fourth-order valence-electron chi connectivity index (χ4n) is 2.87. The molecular weight excluding hydrogens is 491 g/mol. The van der Waals surface area contributed by atoms with Crippen LogP contribution >= 0.6 is 24.0 Å². The first kappa shape index (κ1) is 23.2. The van der Waals surface area contributed by atoms with Crippen LogP contribution < -0.4 is 20.1 Å². The van der Waals surface area contributed by atoms with Gasteiger partial charge >= 0.3 is 6.61 Å². The van der Waals surface area contributed by atoms with E-state index < -0.39 is 6.61 Å². The lowest BCUT2D eigenvalue weighted by Gasteiger charge is -2.27. The van der Waals surface area contributed by atoms with E-state index >= 15 is 0 Å². The normalized spacial score (nSPS) is 14.0. The van der Waals surface area contributed by atoms with E-state index in [0.717, 1.165) is 24.2 Å². The van der Waals surface area contributed by atoms with Crippen LogP contribution in [0.15, 0.2) is 53.5 Å². The van der Waals surface area contributed by atoms with Crippen molar-refractivity contribution in [3.05, 3.63) is 59.7 Å². The molecule has 0 amide bonds. The summed E-state index contributed by atoms with van der Waals surface area (Å²) in [5.74, 6) is 1.59. The molecule has 1 aliphatic rings. The third kappa shape index (κ3) is 7.02. The van der Waals surface area contributed by atoms with Crippen molar-refractivity contribution >= 4 is 29.9 Å². The van der Waals surface area contributed by atoms with E-state index in [2.05, 4.69) is 20.4 Å². The van der Waals surface area contributed by atoms with E-state index in [1.54, 1.807) is 25.2 Å². The van der Waals surface area contributed by atoms with Gasteiger partial charge in [-0.2, -0.15) is 8.78 Å². The number of hydrogen-bond donors (Lipinski definition) is 2. The summed E-state index contributed by atoms with van der Waals surface area (Å²) in [4.78, 5) is 4.19. The molecule has 158 valence electrons. The Balaban J connectivity index is 0.00000300. The first-order chi connectivity index (χ1) is 13.7. The van der Waals surface area contributed by atoms with Crippen molar-refractivity contribution in [1.29, 1.82) is 0 Å². The van der Waals surface area contributed by atoms with Crippen LogP contribution in [0.2, 0.25) is 0 Å². The molecule has 2 aromatic carbocycles. The van der Waals surface area contributed by atoms with Crippen molar-refractivity contribution in [2.75, 3.05) is 7.05 Å². The predicted octanol–water partition coefficient (Wildman–Crippen LogP) is 4.70. The van der Waals surface area contributed by atoms with Crippen molar-refractivity contribution in [3.8, 4) is 11.5 Å². The van der Waals surface area contributed by atoms with E-state index in [9.17, 15) is 8.78 Å². The summed E-state index contributed by atoms with van der Waals surface area (Å²) in [6.45, 7) is -2.01. The largest absolute Gasteiger partial charge is 0.490 e. The van der Waals surface area contributed by atoms with Crippen LogP contribution in [0, 0.1) is 0 Å². The predicted molar refractivity (Wildman–Crippen MR) is 120 cm³/mol. The second-order valence-corrected chi connectivity index (χ2v) is 6.54. The topological polar surface area (TPSA) is 54.9 Å². The molecule has 1 aliphatic carbocycles. The van der Waals surface area contributed by atoms with Gasteiger partial charge in [-0.3, -0.25) is 4.99 Å². The summed E-state index contributed by atoms with van der Waals surface area (Å²) in [6.07, 6.45) is 3.74. The number of alkyl halides is 2. The Morgan fingerprint density at radius 2 is 1.55 bits per heavy atom. The summed E-state index contributed by atoms with van der Waals surface area (Å²) < 4.78 is 35.7. The maximum atomic E-state index is 12.5. The van der Waals surface area contributed by atoms with E-state index in [1.165, 1.54) is 12.5 Å². The van der Waals surface area contributed by atoms with Gasteiger partial charge in [-0.05, 0) is 31.4 Å². The van der Waals surface area contributed by atoms with Crippen molar-refractivity contribution in [3.63, 3.8) is 0 Å². The summed E-state index contributed by atoms with van der Waals surface area (Å²) >= 11 is 0. The van der Waals surface area contributed by atoms with Crippen LogP contribution in [0.25, 0.3) is 0 Å². The molecule has 8 heteroatoms. The van der Waals surface area contributed by atoms with Gasteiger partial charge in [0.15, 0.2) is 5.96 Å². The van der Waals surface area contributed by atoms with Gasteiger partial charge in [-0.25, -0.2) is 0 Å². The number of ether oxygens (including phenoxy) is 2. The molecule has 0 atom stereocenters. The van der Waals surface area contributed by atoms with E-state index in [-0.39, 0.29) is 29.7 Å². The van der Waals surface area contributed by atoms with Gasteiger partial charge in [0.05, 0.1) is 6.10 Å². The second-order valence-electron chi connectivity index (χ2n) is 6.54. The van der Waals surface area contributed by atoms with Crippen molar-refractivity contribution < 1.29 is 18.3 Å². The van der Waals surface area contributed by atoms with Gasteiger partial charge in [-0.1, -0.05) is 36.4 Å². The third-order valence-corrected chi connectivity index (χ3v) is 4.62. The second kappa shape index (κ2) is 11.8. The zero-order valence-corrected chi connectivity index (χ0v) is 18.6. The monoisotopic (exact) mass is 517 g/mol. The number of halogens is 3. The molecule has 0 heterocycles. The van der Waals surface area contributed by atoms with E-state index in [0.29, 0.717) is 30.7 Å². The summed E-state index contributed by atoms with van der Waals surface area (Å²) in [6, 6.07) is 14.6. The van der Waals surface area contributed by atoms with E-state index in [1.807, 2.05) is 24.3 Å². The Bertz CT molecular complexity index is 801. The van der Waals surface area contributed by atoms with Crippen LogP contribution in [-0.4, -0.2) is 25.7 Å². The molecule has 0 saturated heterocycles. The Kier molecular flexibility index (Phi) is 9.43. The number of aliphatic imine (C=N–C) groups is 1. The number of nitrogens with one attached hydrogen (secondary N) is 2. The van der Waals surface area contributed by atoms with Crippen LogP contribution in [0.5, 0.6) is 11.5 Å². The molecule has 0 spiro atoms. The Labute approximate surface area is 186 Å². The molecule has 0 radical (unpaired) electrons. The minimum absolute atomic E-state index is 0. The van der Waals surface area contributed by atoms with Gasteiger partial charge < -0.3 is 20.1 Å². The molecule has 3 rings (SSSR count). The lowest BCUT2D eigenvalue weighted by Crippen LogP contribution is -2.36. The number of nitrogens with zero attached hydrogens (tertiary/aromatic N) is 1. The maximum Gasteiger partial charge on any atom is 0.387 e. The van der Waals surface area contributed by atoms with Gasteiger partial charge in [0, 0.05) is 31.3 Å². The third-order valence-electron chi connectivity index (χ3n) is 4.62. The molecule has 1 fully saturated rings. The molecule has 0 bridgehead atoms. The summed E-state index contributed by atoms with van der Waals surface area (Å²) in [5.41, 5.74) is 1.67. The first-order valence-corrected chi connectivity index (χ1v) is 9.37. The quantitative estimate of drug-likeness (QED) is 0.303. The van der Waals surface area contributed by atoms with Gasteiger partial charge in [0.2, 0.25) is 0 Å². The standard InChI is InChI=1S/C21H25F2N3O2.HI/c1-24-21(26-14-16-8-3-5-12-19(16)28-20(22)23)25-13-15-7-2-4-11-18(15)27-17-9-6-10-17;/h2-5,7-8,11-12,17,20H,6,9-10,13-14H2,1H3,(H2,24,25,26);1H. The van der Waals surface area contributed by atoms with Crippen LogP contribution in [-0.2, 0) is 13.1 Å². The fourth-order valence-corrected chi connectivity index (χ4v) is 2.87. The Morgan fingerprint density at radius 1 is 1.00 bits per heavy atom. The van der Waals surface area contributed by atoms with Crippen molar-refractivity contribution in [2.45, 2.75) is 45.1 Å². The number of rotatable bonds is 8. The molecule has 5 nitrogen and oxygen atoms in total. The average molecular weight is 517 g/mol. The lowest BCUT2D eigenvalue weighted by atomic mass is 9.96. The van der Waals surface area contributed by atoms with Crippen LogP contribution in [0.3, 0.4) is 0 Å². The highest BCUT2D eigenvalue weighted by atomic mass is 127. The fraction of sp³-hybridized carbons (Fsp3) is 0.381. The van der Waals surface area contributed by atoms with Gasteiger partial charge in [0.1, 0.15) is 11.5 Å². The molecule has 0 unspecified atom stereocenters. The molecule has 2 N–H and O–H groups in total. The van der Waals surface area contributed by atoms with Crippen LogP contribution in [0.4, 0.5) is 8.78 Å². The molecule has 29 heavy (non-hydrogen) atoms. The summed E-state index contributed by atoms with van der Waals surface area (Å²) in [7, 11) is 1.66. The Hall–Kier alpha value is -2.10. The highest BCUT2D eigenvalue weighted by Crippen LogP contribution is 2.27. The number of guanidine groups is 1. The average Bonchev–Trinajstić information content (AvgIpc) is 2.66. The SMILES string of the molecule is CN=C(NCc1ccccc1OC(F)F)NCc1ccccc1OC1CCC1.I. The highest BCUT2D eigenvalue weighted by molar-refractivity contribution is 14.0. The number of para-hydroxylation sites is 2. The van der Waals surface area contributed by atoms with E-state index in [4.69, 9.17) is 4.74 Å². The summed E-state index contributed by atoms with van der Waals surface area (Å²) in [5, 5.41) is 6.36. The zero-order valence-electron chi connectivity index (χ0n) is 16.2. The molecule has 2 aromatic rings. The first-order valence-electron chi connectivity index (χ1n) is 9.37. The number of benzene rings is 2. The zero-order chi connectivity index (χ0) is 19.8. The smallest absolute Gasteiger partial charge is 0.387 e. The molecule has 0 aliphatic heterocycles. The van der Waals surface area contributed by atoms with Crippen LogP contribution in [0.1, 0.15) is 30.4 Å². The Morgan fingerprint density at radius 3 is 2.07 bits per heavy atom. The number of hydrogen-bond acceptors (Lipinski definition) is 3. The molecule has 1 saturated carbocycles. The minimum Gasteiger partial charge on any atom is -0.490 e. The van der Waals surface area contributed by atoms with Gasteiger partial charge in [0.25, 0.3) is 0 Å². The lowest BCUT2D eigenvalue weighted by molar-refractivity contribution is -0.0504. The highest BCUT2D eigenvalue weighted by Gasteiger charge is 2.20. The molecule has 0 aromatic heterocycles. The van der Waals surface area contributed by atoms with Crippen molar-refractivity contribution in [1.82, 2.24) is 10.6 Å².